The fourth-order valence-corrected chi connectivity index (χ4v) is 4.29. The molecule has 35 heavy (non-hydrogen) atoms. The summed E-state index contributed by atoms with van der Waals surface area (Å²) < 4.78 is 0. The lowest BCUT2D eigenvalue weighted by Gasteiger charge is -2.23. The minimum absolute atomic E-state index is 0.0205. The number of H-pyrrole nitrogens is 1. The zero-order valence-corrected chi connectivity index (χ0v) is 19.8. The Balaban J connectivity index is 1.46. The molecule has 2 amide bonds. The van der Waals surface area contributed by atoms with E-state index >= 15 is 0 Å². The zero-order valence-electron chi connectivity index (χ0n) is 19.8. The third-order valence-electron chi connectivity index (χ3n) is 6.18. The molecule has 176 valence electrons. The van der Waals surface area contributed by atoms with Crippen molar-refractivity contribution in [2.24, 2.45) is 0 Å². The summed E-state index contributed by atoms with van der Waals surface area (Å²) in [6, 6.07) is 21.4. The fraction of sp³-hybridized carbons (Fsp3) is 0.179. The Morgan fingerprint density at radius 3 is 2.63 bits per heavy atom. The molecule has 5 rings (SSSR count). The van der Waals surface area contributed by atoms with Gasteiger partial charge in [-0.1, -0.05) is 48.0 Å². The molecule has 0 radical (unpaired) electrons. The van der Waals surface area contributed by atoms with Crippen molar-refractivity contribution in [1.29, 1.82) is 0 Å². The van der Waals surface area contributed by atoms with Gasteiger partial charge in [0.25, 0.3) is 5.91 Å². The lowest BCUT2D eigenvalue weighted by molar-refractivity contribution is -0.115. The van der Waals surface area contributed by atoms with Gasteiger partial charge < -0.3 is 20.5 Å². The lowest BCUT2D eigenvalue weighted by atomic mass is 10.0. The molecule has 0 atom stereocenters. The number of aryl methyl sites for hydroxylation is 1. The number of pyridine rings is 1. The highest BCUT2D eigenvalue weighted by Gasteiger charge is 2.30. The Bertz CT molecular complexity index is 1380. The fourth-order valence-electron chi connectivity index (χ4n) is 4.29. The van der Waals surface area contributed by atoms with E-state index in [1.54, 1.807) is 11.1 Å². The highest BCUT2D eigenvalue weighted by atomic mass is 16.2. The summed E-state index contributed by atoms with van der Waals surface area (Å²) in [7, 11) is 1.82. The van der Waals surface area contributed by atoms with Crippen LogP contribution in [0, 0.1) is 6.92 Å². The molecule has 2 aromatic heterocycles. The second-order valence-electron chi connectivity index (χ2n) is 8.84. The van der Waals surface area contributed by atoms with Gasteiger partial charge in [0.15, 0.2) is 0 Å². The van der Waals surface area contributed by atoms with Gasteiger partial charge in [0, 0.05) is 43.2 Å². The van der Waals surface area contributed by atoms with Crippen LogP contribution in [0.15, 0.2) is 72.9 Å². The van der Waals surface area contributed by atoms with E-state index in [1.807, 2.05) is 80.7 Å². The van der Waals surface area contributed by atoms with Crippen LogP contribution in [0.25, 0.3) is 11.3 Å². The van der Waals surface area contributed by atoms with Gasteiger partial charge in [-0.05, 0) is 36.8 Å². The van der Waals surface area contributed by atoms with E-state index < -0.39 is 0 Å². The van der Waals surface area contributed by atoms with Crippen molar-refractivity contribution in [3.63, 3.8) is 0 Å². The number of hydrogen-bond donors (Lipinski definition) is 3. The van der Waals surface area contributed by atoms with Gasteiger partial charge in [-0.2, -0.15) is 0 Å². The molecule has 0 aliphatic carbocycles. The maximum Gasteiger partial charge on any atom is 0.257 e. The van der Waals surface area contributed by atoms with Gasteiger partial charge in [-0.25, -0.2) is 4.98 Å². The van der Waals surface area contributed by atoms with E-state index in [0.29, 0.717) is 17.9 Å². The molecule has 1 aliphatic heterocycles. The van der Waals surface area contributed by atoms with Gasteiger partial charge >= 0.3 is 0 Å². The van der Waals surface area contributed by atoms with Crippen LogP contribution in [0.3, 0.4) is 0 Å². The second kappa shape index (κ2) is 9.46. The van der Waals surface area contributed by atoms with Crippen molar-refractivity contribution in [2.45, 2.75) is 19.8 Å². The quantitative estimate of drug-likeness (QED) is 0.376. The molecule has 0 spiro atoms. The third-order valence-corrected chi connectivity index (χ3v) is 6.18. The standard InChI is InChI=1S/C28H27N5O2/c1-18-8-10-19(11-9-18)16-24(34)32-23-17-20(12-14-29-23)26-27(30-21-6-4-3-5-7-21)25-22(31-26)13-15-33(2)28(25)35/h3-12,14,17,30-31H,13,15-16H2,1-2H3,(H,29,32,34). The first kappa shape index (κ1) is 22.4. The van der Waals surface area contributed by atoms with E-state index in [0.717, 1.165) is 45.9 Å². The molecule has 3 heterocycles. The summed E-state index contributed by atoms with van der Waals surface area (Å²) in [5.74, 6) is 0.304. The van der Waals surface area contributed by atoms with Crippen molar-refractivity contribution < 1.29 is 9.59 Å². The molecule has 0 bridgehead atoms. The third kappa shape index (κ3) is 4.80. The van der Waals surface area contributed by atoms with Crippen molar-refractivity contribution in [3.8, 4) is 11.3 Å². The van der Waals surface area contributed by atoms with Crippen molar-refractivity contribution in [1.82, 2.24) is 14.9 Å². The Hall–Kier alpha value is -4.39. The normalized spacial score (nSPS) is 12.9. The van der Waals surface area contributed by atoms with Crippen LogP contribution in [-0.4, -0.2) is 40.3 Å². The summed E-state index contributed by atoms with van der Waals surface area (Å²) in [6.45, 7) is 2.68. The first-order chi connectivity index (χ1) is 17.0. The number of carbonyl (C=O) groups is 2. The van der Waals surface area contributed by atoms with Crippen LogP contribution < -0.4 is 10.6 Å². The molecule has 4 aromatic rings. The van der Waals surface area contributed by atoms with Crippen LogP contribution in [0.2, 0.25) is 0 Å². The van der Waals surface area contributed by atoms with Crippen molar-refractivity contribution >= 4 is 29.0 Å². The van der Waals surface area contributed by atoms with E-state index in [-0.39, 0.29) is 18.2 Å². The topological polar surface area (TPSA) is 90.1 Å². The molecule has 0 saturated carbocycles. The number of amides is 2. The summed E-state index contributed by atoms with van der Waals surface area (Å²) in [5, 5.41) is 6.34. The first-order valence-corrected chi connectivity index (χ1v) is 11.6. The Kier molecular flexibility index (Phi) is 6.06. The molecule has 0 saturated heterocycles. The average Bonchev–Trinajstić information content (AvgIpc) is 3.22. The molecule has 1 aliphatic rings. The van der Waals surface area contributed by atoms with E-state index in [9.17, 15) is 9.59 Å². The SMILES string of the molecule is Cc1ccc(CC(=O)Nc2cc(-c3[nH]c4c(c3Nc3ccccc3)C(=O)N(C)CC4)ccn2)cc1. The summed E-state index contributed by atoms with van der Waals surface area (Å²) in [6.07, 6.45) is 2.67. The van der Waals surface area contributed by atoms with Crippen LogP contribution >= 0.6 is 0 Å². The van der Waals surface area contributed by atoms with Gasteiger partial charge in [0.2, 0.25) is 5.91 Å². The number of hydrogen-bond acceptors (Lipinski definition) is 4. The number of aromatic nitrogens is 2. The number of aromatic amines is 1. The molecule has 3 N–H and O–H groups in total. The maximum absolute atomic E-state index is 13.1. The number of nitrogens with zero attached hydrogens (tertiary/aromatic N) is 2. The number of rotatable bonds is 6. The first-order valence-electron chi connectivity index (χ1n) is 11.6. The number of nitrogens with one attached hydrogen (secondary N) is 3. The predicted octanol–water partition coefficient (Wildman–Crippen LogP) is 4.94. The number of fused-ring (bicyclic) bond motifs is 1. The Morgan fingerprint density at radius 2 is 1.86 bits per heavy atom. The smallest absolute Gasteiger partial charge is 0.257 e. The number of likely N-dealkylation sites (N-methyl/N-ethyl adjacent to an activating group) is 1. The molecule has 0 unspecified atom stereocenters. The second-order valence-corrected chi connectivity index (χ2v) is 8.84. The molecular weight excluding hydrogens is 438 g/mol. The molecule has 0 fully saturated rings. The molecular formula is C28H27N5O2. The van der Waals surface area contributed by atoms with Gasteiger partial charge in [0.1, 0.15) is 5.82 Å². The maximum atomic E-state index is 13.1. The number of benzene rings is 2. The number of para-hydroxylation sites is 1. The summed E-state index contributed by atoms with van der Waals surface area (Å²) in [4.78, 5) is 35.3. The average molecular weight is 466 g/mol. The number of anilines is 3. The summed E-state index contributed by atoms with van der Waals surface area (Å²) >= 11 is 0. The minimum Gasteiger partial charge on any atom is -0.356 e. The Morgan fingerprint density at radius 1 is 1.09 bits per heavy atom. The van der Waals surface area contributed by atoms with Crippen molar-refractivity contribution in [3.05, 3.63) is 95.3 Å². The highest BCUT2D eigenvalue weighted by molar-refractivity contribution is 6.06. The van der Waals surface area contributed by atoms with Gasteiger partial charge in [-0.15, -0.1) is 0 Å². The molecule has 7 heteroatoms. The van der Waals surface area contributed by atoms with E-state index in [4.69, 9.17) is 0 Å². The summed E-state index contributed by atoms with van der Waals surface area (Å²) in [5.41, 5.74) is 6.89. The monoisotopic (exact) mass is 465 g/mol. The van der Waals surface area contributed by atoms with Gasteiger partial charge in [0.05, 0.1) is 23.4 Å². The zero-order chi connectivity index (χ0) is 24.4. The van der Waals surface area contributed by atoms with E-state index in [2.05, 4.69) is 20.6 Å². The van der Waals surface area contributed by atoms with Crippen LogP contribution in [0.5, 0.6) is 0 Å². The predicted molar refractivity (Wildman–Crippen MR) is 138 cm³/mol. The lowest BCUT2D eigenvalue weighted by Crippen LogP contribution is -2.34. The van der Waals surface area contributed by atoms with E-state index in [1.165, 1.54) is 0 Å². The van der Waals surface area contributed by atoms with Crippen LogP contribution in [0.1, 0.15) is 27.2 Å². The van der Waals surface area contributed by atoms with Crippen molar-refractivity contribution in [2.75, 3.05) is 24.2 Å². The largest absolute Gasteiger partial charge is 0.356 e. The van der Waals surface area contributed by atoms with Crippen LogP contribution in [0.4, 0.5) is 17.2 Å². The minimum atomic E-state index is -0.135. The van der Waals surface area contributed by atoms with Crippen LogP contribution in [-0.2, 0) is 17.6 Å². The molecule has 7 nitrogen and oxygen atoms in total. The Labute approximate surface area is 204 Å². The van der Waals surface area contributed by atoms with Gasteiger partial charge in [-0.3, -0.25) is 9.59 Å². The highest BCUT2D eigenvalue weighted by Crippen LogP contribution is 2.38. The molecule has 2 aromatic carbocycles. The number of carbonyl (C=O) groups excluding carboxylic acids is 2.